The second-order valence-corrected chi connectivity index (χ2v) is 6.68. The fraction of sp³-hybridized carbons (Fsp3) is 0.227. The molecule has 3 aromatic rings. The van der Waals surface area contributed by atoms with Crippen molar-refractivity contribution in [2.75, 3.05) is 24.9 Å². The molecule has 2 aromatic carbocycles. The number of nitrogens with zero attached hydrogens (tertiary/aromatic N) is 2. The number of para-hydroxylation sites is 1. The van der Waals surface area contributed by atoms with Crippen molar-refractivity contribution in [2.45, 2.75) is 19.8 Å². The van der Waals surface area contributed by atoms with Crippen molar-refractivity contribution in [2.24, 2.45) is 0 Å². The second-order valence-electron chi connectivity index (χ2n) is 6.68. The van der Waals surface area contributed by atoms with Crippen LogP contribution in [0.4, 0.5) is 17.3 Å². The van der Waals surface area contributed by atoms with E-state index < -0.39 is 0 Å². The van der Waals surface area contributed by atoms with Gasteiger partial charge < -0.3 is 20.1 Å². The van der Waals surface area contributed by atoms with Crippen LogP contribution in [0.5, 0.6) is 11.5 Å². The molecular weight excluding hydrogens is 368 g/mol. The first-order valence-corrected chi connectivity index (χ1v) is 9.23. The van der Waals surface area contributed by atoms with Crippen molar-refractivity contribution in [1.29, 1.82) is 0 Å². The molecule has 0 spiro atoms. The van der Waals surface area contributed by atoms with Gasteiger partial charge >= 0.3 is 0 Å². The molecule has 1 heterocycles. The van der Waals surface area contributed by atoms with Gasteiger partial charge in [-0.1, -0.05) is 32.0 Å². The predicted octanol–water partition coefficient (Wildman–Crippen LogP) is 4.61. The Balaban J connectivity index is 1.73. The normalized spacial score (nSPS) is 10.5. The third kappa shape index (κ3) is 4.82. The molecule has 7 nitrogen and oxygen atoms in total. The van der Waals surface area contributed by atoms with Crippen molar-refractivity contribution in [3.05, 3.63) is 66.0 Å². The van der Waals surface area contributed by atoms with Crippen LogP contribution in [0.3, 0.4) is 0 Å². The zero-order chi connectivity index (χ0) is 20.8. The van der Waals surface area contributed by atoms with Gasteiger partial charge in [-0.2, -0.15) is 0 Å². The summed E-state index contributed by atoms with van der Waals surface area (Å²) < 4.78 is 10.5. The van der Waals surface area contributed by atoms with Crippen molar-refractivity contribution >= 4 is 23.2 Å². The molecule has 0 unspecified atom stereocenters. The number of ether oxygens (including phenoxy) is 2. The van der Waals surface area contributed by atoms with Crippen LogP contribution in [0.25, 0.3) is 0 Å². The van der Waals surface area contributed by atoms with E-state index in [2.05, 4.69) is 40.5 Å². The molecule has 0 saturated carbocycles. The van der Waals surface area contributed by atoms with Crippen LogP contribution in [0.2, 0.25) is 0 Å². The van der Waals surface area contributed by atoms with Crippen molar-refractivity contribution < 1.29 is 14.3 Å². The van der Waals surface area contributed by atoms with Gasteiger partial charge in [0, 0.05) is 24.1 Å². The van der Waals surface area contributed by atoms with Crippen LogP contribution < -0.4 is 20.1 Å². The average Bonchev–Trinajstić information content (AvgIpc) is 2.74. The van der Waals surface area contributed by atoms with Crippen LogP contribution in [0.15, 0.2) is 54.9 Å². The highest BCUT2D eigenvalue weighted by atomic mass is 16.5. The molecule has 0 aliphatic carbocycles. The minimum atomic E-state index is -0.331. The summed E-state index contributed by atoms with van der Waals surface area (Å²) in [6, 6.07) is 13.2. The van der Waals surface area contributed by atoms with E-state index in [1.807, 2.05) is 18.2 Å². The molecule has 29 heavy (non-hydrogen) atoms. The van der Waals surface area contributed by atoms with E-state index >= 15 is 0 Å². The Morgan fingerprint density at radius 2 is 1.69 bits per heavy atom. The summed E-state index contributed by atoms with van der Waals surface area (Å²) >= 11 is 0. The molecule has 0 aliphatic rings. The molecule has 1 aromatic heterocycles. The lowest BCUT2D eigenvalue weighted by Crippen LogP contribution is -2.14. The fourth-order valence-electron chi connectivity index (χ4n) is 2.84. The van der Waals surface area contributed by atoms with Crippen molar-refractivity contribution in [3.8, 4) is 11.5 Å². The molecular formula is C22H24N4O3. The van der Waals surface area contributed by atoms with Gasteiger partial charge in [-0.15, -0.1) is 0 Å². The Kier molecular flexibility index (Phi) is 6.29. The Hall–Kier alpha value is -3.61. The van der Waals surface area contributed by atoms with E-state index in [1.165, 1.54) is 25.1 Å². The SMILES string of the molecule is COc1ccc(NC(=O)c2cnc(Nc3ccccc3C(C)C)nc2)c(OC)c1. The van der Waals surface area contributed by atoms with Gasteiger partial charge in [0.05, 0.1) is 25.5 Å². The highest BCUT2D eigenvalue weighted by molar-refractivity contribution is 6.04. The summed E-state index contributed by atoms with van der Waals surface area (Å²) in [6.07, 6.45) is 2.97. The Labute approximate surface area is 170 Å². The minimum absolute atomic E-state index is 0.331. The highest BCUT2D eigenvalue weighted by Crippen LogP contribution is 2.29. The lowest BCUT2D eigenvalue weighted by Gasteiger charge is -2.14. The number of carbonyl (C=O) groups excluding carboxylic acids is 1. The molecule has 3 rings (SSSR count). The molecule has 7 heteroatoms. The molecule has 0 fully saturated rings. The fourth-order valence-corrected chi connectivity index (χ4v) is 2.84. The van der Waals surface area contributed by atoms with Gasteiger partial charge in [0.2, 0.25) is 5.95 Å². The average molecular weight is 392 g/mol. The van der Waals surface area contributed by atoms with Gasteiger partial charge in [0.25, 0.3) is 5.91 Å². The molecule has 150 valence electrons. The minimum Gasteiger partial charge on any atom is -0.497 e. The summed E-state index contributed by atoms with van der Waals surface area (Å²) in [5.41, 5.74) is 2.99. The molecule has 0 atom stereocenters. The number of benzene rings is 2. The standard InChI is InChI=1S/C22H24N4O3/c1-14(2)17-7-5-6-8-18(17)26-22-23-12-15(13-24-22)21(27)25-19-10-9-16(28-3)11-20(19)29-4/h5-14H,1-4H3,(H,25,27)(H,23,24,26). The molecule has 0 radical (unpaired) electrons. The van der Waals surface area contributed by atoms with Crippen LogP contribution >= 0.6 is 0 Å². The van der Waals surface area contributed by atoms with Gasteiger partial charge in [-0.3, -0.25) is 4.79 Å². The quantitative estimate of drug-likeness (QED) is 0.611. The first-order valence-electron chi connectivity index (χ1n) is 9.23. The molecule has 0 saturated heterocycles. The van der Waals surface area contributed by atoms with E-state index in [4.69, 9.17) is 9.47 Å². The number of rotatable bonds is 7. The Morgan fingerprint density at radius 1 is 0.966 bits per heavy atom. The summed E-state index contributed by atoms with van der Waals surface area (Å²) in [6.45, 7) is 4.25. The van der Waals surface area contributed by atoms with Crippen LogP contribution in [-0.2, 0) is 0 Å². The lowest BCUT2D eigenvalue weighted by molar-refractivity contribution is 0.102. The number of nitrogens with one attached hydrogen (secondary N) is 2. The summed E-state index contributed by atoms with van der Waals surface area (Å²) in [4.78, 5) is 21.1. The molecule has 1 amide bonds. The van der Waals surface area contributed by atoms with Crippen LogP contribution in [0, 0.1) is 0 Å². The molecule has 0 bridgehead atoms. The first kappa shape index (κ1) is 20.1. The number of methoxy groups -OCH3 is 2. The number of anilines is 3. The van der Waals surface area contributed by atoms with E-state index in [0.717, 1.165) is 5.69 Å². The van der Waals surface area contributed by atoms with Crippen LogP contribution in [-0.4, -0.2) is 30.1 Å². The zero-order valence-electron chi connectivity index (χ0n) is 16.9. The van der Waals surface area contributed by atoms with E-state index in [0.29, 0.717) is 34.6 Å². The molecule has 2 N–H and O–H groups in total. The number of hydrogen-bond donors (Lipinski definition) is 2. The smallest absolute Gasteiger partial charge is 0.258 e. The maximum atomic E-state index is 12.6. The highest BCUT2D eigenvalue weighted by Gasteiger charge is 2.13. The van der Waals surface area contributed by atoms with Crippen LogP contribution in [0.1, 0.15) is 35.7 Å². The van der Waals surface area contributed by atoms with E-state index in [-0.39, 0.29) is 5.91 Å². The van der Waals surface area contributed by atoms with Gasteiger partial charge in [-0.25, -0.2) is 9.97 Å². The van der Waals surface area contributed by atoms with Gasteiger partial charge in [0.15, 0.2) is 0 Å². The van der Waals surface area contributed by atoms with Gasteiger partial charge in [-0.05, 0) is 29.7 Å². The van der Waals surface area contributed by atoms with E-state index in [9.17, 15) is 4.79 Å². The topological polar surface area (TPSA) is 85.4 Å². The van der Waals surface area contributed by atoms with Crippen molar-refractivity contribution in [1.82, 2.24) is 9.97 Å². The zero-order valence-corrected chi connectivity index (χ0v) is 16.9. The number of amides is 1. The second kappa shape index (κ2) is 9.05. The maximum absolute atomic E-state index is 12.6. The monoisotopic (exact) mass is 392 g/mol. The Bertz CT molecular complexity index is 988. The predicted molar refractivity (Wildman–Crippen MR) is 113 cm³/mol. The van der Waals surface area contributed by atoms with E-state index in [1.54, 1.807) is 25.3 Å². The first-order chi connectivity index (χ1) is 14.0. The maximum Gasteiger partial charge on any atom is 0.258 e. The van der Waals surface area contributed by atoms with Crippen molar-refractivity contribution in [3.63, 3.8) is 0 Å². The third-order valence-electron chi connectivity index (χ3n) is 4.40. The third-order valence-corrected chi connectivity index (χ3v) is 4.40. The number of aromatic nitrogens is 2. The van der Waals surface area contributed by atoms with Gasteiger partial charge in [0.1, 0.15) is 11.5 Å². The molecule has 0 aliphatic heterocycles. The summed E-state index contributed by atoms with van der Waals surface area (Å²) in [7, 11) is 3.10. The number of hydrogen-bond acceptors (Lipinski definition) is 6. The summed E-state index contributed by atoms with van der Waals surface area (Å²) in [5.74, 6) is 1.60. The lowest BCUT2D eigenvalue weighted by atomic mass is 10.0. The largest absolute Gasteiger partial charge is 0.497 e. The number of carbonyl (C=O) groups is 1. The summed E-state index contributed by atoms with van der Waals surface area (Å²) in [5, 5.41) is 6.02. The Morgan fingerprint density at radius 3 is 2.34 bits per heavy atom.